The van der Waals surface area contributed by atoms with Gasteiger partial charge in [0.15, 0.2) is 0 Å². The van der Waals surface area contributed by atoms with Crippen molar-refractivity contribution in [2.45, 2.75) is 120 Å². The van der Waals surface area contributed by atoms with Crippen LogP contribution in [0.1, 0.15) is 120 Å². The van der Waals surface area contributed by atoms with Gasteiger partial charge in [-0.05, 0) is 127 Å². The summed E-state index contributed by atoms with van der Waals surface area (Å²) in [5.74, 6) is 5.37. The standard InChI is InChI=1S/C31H52/c1-20-12-15-28(6)18-19-30(8)23(26(28)22(20)3)10-11-25-29(7)16-13-21(2)27(4,5)24(29)14-17-31(25,30)9/h12,21-26H,10-11,13-19H2,1-9H3/t21?,22?,23?,24-,25+,26?,28+,29-,30+,31+/m0/s1. The lowest BCUT2D eigenvalue weighted by atomic mass is 9.31. The molecule has 4 fully saturated rings. The van der Waals surface area contributed by atoms with Crippen molar-refractivity contribution in [3.63, 3.8) is 0 Å². The molecule has 4 unspecified atom stereocenters. The first-order valence-corrected chi connectivity index (χ1v) is 14.0. The van der Waals surface area contributed by atoms with E-state index in [2.05, 4.69) is 68.4 Å². The monoisotopic (exact) mass is 424 g/mol. The fourth-order valence-electron chi connectivity index (χ4n) is 11.5. The van der Waals surface area contributed by atoms with Gasteiger partial charge in [0.2, 0.25) is 0 Å². The summed E-state index contributed by atoms with van der Waals surface area (Å²) in [7, 11) is 0. The van der Waals surface area contributed by atoms with Gasteiger partial charge < -0.3 is 0 Å². The molecule has 0 nitrogen and oxygen atoms in total. The van der Waals surface area contributed by atoms with Crippen molar-refractivity contribution in [2.75, 3.05) is 0 Å². The Hall–Kier alpha value is -0.260. The molecule has 0 aliphatic heterocycles. The topological polar surface area (TPSA) is 0 Å². The van der Waals surface area contributed by atoms with E-state index in [-0.39, 0.29) is 0 Å². The minimum absolute atomic E-state index is 0.511. The fourth-order valence-corrected chi connectivity index (χ4v) is 11.5. The van der Waals surface area contributed by atoms with Gasteiger partial charge in [0.25, 0.3) is 0 Å². The summed E-state index contributed by atoms with van der Waals surface area (Å²) < 4.78 is 0. The Morgan fingerprint density at radius 1 is 0.742 bits per heavy atom. The van der Waals surface area contributed by atoms with E-state index in [1.54, 1.807) is 5.57 Å². The summed E-state index contributed by atoms with van der Waals surface area (Å²) in [6.07, 6.45) is 15.8. The van der Waals surface area contributed by atoms with E-state index in [1.807, 2.05) is 0 Å². The Kier molecular flexibility index (Phi) is 4.84. The van der Waals surface area contributed by atoms with Crippen LogP contribution in [0.4, 0.5) is 0 Å². The number of hydrogen-bond donors (Lipinski definition) is 0. The van der Waals surface area contributed by atoms with Crippen molar-refractivity contribution in [1.29, 1.82) is 0 Å². The van der Waals surface area contributed by atoms with Crippen LogP contribution in [0.5, 0.6) is 0 Å². The highest BCUT2D eigenvalue weighted by molar-refractivity contribution is 5.22. The summed E-state index contributed by atoms with van der Waals surface area (Å²) in [5, 5.41) is 0. The first-order valence-electron chi connectivity index (χ1n) is 14.0. The van der Waals surface area contributed by atoms with Crippen molar-refractivity contribution in [3.05, 3.63) is 11.6 Å². The summed E-state index contributed by atoms with van der Waals surface area (Å²) >= 11 is 0. The molecule has 5 rings (SSSR count). The first-order chi connectivity index (χ1) is 14.3. The van der Waals surface area contributed by atoms with Crippen LogP contribution in [0, 0.1) is 62.6 Å². The molecular weight excluding hydrogens is 372 g/mol. The van der Waals surface area contributed by atoms with Crippen LogP contribution in [-0.2, 0) is 0 Å². The molecule has 0 aromatic carbocycles. The third kappa shape index (κ3) is 2.66. The van der Waals surface area contributed by atoms with Gasteiger partial charge in [-0.2, -0.15) is 0 Å². The second kappa shape index (κ2) is 6.66. The molecule has 31 heavy (non-hydrogen) atoms. The highest BCUT2D eigenvalue weighted by Crippen LogP contribution is 2.77. The van der Waals surface area contributed by atoms with Gasteiger partial charge in [-0.3, -0.25) is 0 Å². The molecule has 0 radical (unpaired) electrons. The zero-order valence-corrected chi connectivity index (χ0v) is 22.4. The molecule has 0 spiro atoms. The van der Waals surface area contributed by atoms with Crippen LogP contribution in [0.25, 0.3) is 0 Å². The van der Waals surface area contributed by atoms with E-state index < -0.39 is 0 Å². The van der Waals surface area contributed by atoms with E-state index >= 15 is 0 Å². The maximum Gasteiger partial charge on any atom is -0.0198 e. The average molecular weight is 425 g/mol. The number of allylic oxidation sites excluding steroid dienone is 2. The van der Waals surface area contributed by atoms with Gasteiger partial charge in [-0.15, -0.1) is 0 Å². The van der Waals surface area contributed by atoms with E-state index in [4.69, 9.17) is 0 Å². The summed E-state index contributed by atoms with van der Waals surface area (Å²) in [6.45, 7) is 23.8. The minimum Gasteiger partial charge on any atom is -0.0848 e. The molecule has 176 valence electrons. The Morgan fingerprint density at radius 3 is 2.16 bits per heavy atom. The van der Waals surface area contributed by atoms with Crippen LogP contribution >= 0.6 is 0 Å². The summed E-state index contributed by atoms with van der Waals surface area (Å²) in [5.41, 5.74) is 4.39. The normalized spacial score (nSPS) is 58.3. The molecular formula is C31H52. The van der Waals surface area contributed by atoms with Crippen LogP contribution < -0.4 is 0 Å². The lowest BCUT2D eigenvalue weighted by Crippen LogP contribution is -2.66. The maximum absolute atomic E-state index is 2.80. The van der Waals surface area contributed by atoms with Crippen molar-refractivity contribution in [2.24, 2.45) is 62.6 Å². The molecule has 0 saturated heterocycles. The molecule has 0 aromatic rings. The quantitative estimate of drug-likeness (QED) is 0.340. The average Bonchev–Trinajstić information content (AvgIpc) is 2.69. The van der Waals surface area contributed by atoms with Crippen molar-refractivity contribution in [3.8, 4) is 0 Å². The van der Waals surface area contributed by atoms with Crippen LogP contribution in [0.15, 0.2) is 11.6 Å². The second-order valence-electron chi connectivity index (χ2n) is 15.1. The first kappa shape index (κ1) is 22.5. The number of fused-ring (bicyclic) bond motifs is 7. The Bertz CT molecular complexity index is 773. The molecule has 0 N–H and O–H groups in total. The Labute approximate surface area is 194 Å². The molecule has 0 heterocycles. The molecule has 0 amide bonds. The zero-order valence-electron chi connectivity index (χ0n) is 22.4. The summed E-state index contributed by atoms with van der Waals surface area (Å²) in [6, 6.07) is 0. The van der Waals surface area contributed by atoms with Crippen LogP contribution in [0.2, 0.25) is 0 Å². The SMILES string of the molecule is CC1=CC[C@]2(C)CC[C@]3(C)C(CC[C@@H]4[C@@]5(C)CCC(C)C(C)(C)[C@@H]5CC[C@]43C)C2C1C. The Balaban J connectivity index is 1.55. The van der Waals surface area contributed by atoms with Gasteiger partial charge in [0.05, 0.1) is 0 Å². The highest BCUT2D eigenvalue weighted by Gasteiger charge is 2.69. The van der Waals surface area contributed by atoms with Crippen molar-refractivity contribution >= 4 is 0 Å². The van der Waals surface area contributed by atoms with Crippen LogP contribution in [0.3, 0.4) is 0 Å². The molecule has 0 heteroatoms. The molecule has 0 bridgehead atoms. The molecule has 4 saturated carbocycles. The molecule has 5 aliphatic carbocycles. The van der Waals surface area contributed by atoms with Crippen molar-refractivity contribution < 1.29 is 0 Å². The van der Waals surface area contributed by atoms with E-state index in [0.29, 0.717) is 27.1 Å². The fraction of sp³-hybridized carbons (Fsp3) is 0.935. The predicted octanol–water partition coefficient (Wildman–Crippen LogP) is 9.30. The second-order valence-corrected chi connectivity index (χ2v) is 15.1. The lowest BCUT2D eigenvalue weighted by Gasteiger charge is -2.73. The zero-order chi connectivity index (χ0) is 22.6. The third-order valence-electron chi connectivity index (χ3n) is 14.1. The molecule has 5 aliphatic rings. The van der Waals surface area contributed by atoms with Gasteiger partial charge in [-0.25, -0.2) is 0 Å². The summed E-state index contributed by atoms with van der Waals surface area (Å²) in [4.78, 5) is 0. The van der Waals surface area contributed by atoms with Gasteiger partial charge in [0.1, 0.15) is 0 Å². The predicted molar refractivity (Wildman–Crippen MR) is 134 cm³/mol. The minimum atomic E-state index is 0.511. The van der Waals surface area contributed by atoms with E-state index in [9.17, 15) is 0 Å². The highest BCUT2D eigenvalue weighted by atomic mass is 14.7. The number of hydrogen-bond acceptors (Lipinski definition) is 0. The largest absolute Gasteiger partial charge is 0.0848 e. The molecule has 0 aromatic heterocycles. The maximum atomic E-state index is 2.80. The third-order valence-corrected chi connectivity index (χ3v) is 14.1. The lowest BCUT2D eigenvalue weighted by molar-refractivity contribution is -0.245. The molecule has 10 atom stereocenters. The van der Waals surface area contributed by atoms with Gasteiger partial charge in [0, 0.05) is 0 Å². The van der Waals surface area contributed by atoms with Gasteiger partial charge >= 0.3 is 0 Å². The Morgan fingerprint density at radius 2 is 1.45 bits per heavy atom. The number of rotatable bonds is 0. The van der Waals surface area contributed by atoms with E-state index in [0.717, 1.165) is 35.5 Å². The smallest absolute Gasteiger partial charge is 0.0198 e. The van der Waals surface area contributed by atoms with Crippen LogP contribution in [-0.4, -0.2) is 0 Å². The van der Waals surface area contributed by atoms with E-state index in [1.165, 1.54) is 57.8 Å². The van der Waals surface area contributed by atoms with Crippen molar-refractivity contribution in [1.82, 2.24) is 0 Å². The van der Waals surface area contributed by atoms with Gasteiger partial charge in [-0.1, -0.05) is 67.0 Å².